The molecule has 2 amide bonds. The summed E-state index contributed by atoms with van der Waals surface area (Å²) in [5.41, 5.74) is -0.478. The number of hydrogen-bond donors (Lipinski definition) is 3. The molecule has 1 aliphatic rings. The van der Waals surface area contributed by atoms with Gasteiger partial charge in [-0.3, -0.25) is 0 Å². The second kappa shape index (κ2) is 4.64. The van der Waals surface area contributed by atoms with Crippen LogP contribution in [0.1, 0.15) is 39.5 Å². The zero-order chi connectivity index (χ0) is 10.6. The van der Waals surface area contributed by atoms with E-state index in [9.17, 15) is 9.90 Å². The summed E-state index contributed by atoms with van der Waals surface area (Å²) in [4.78, 5) is 11.4. The number of amides is 2. The summed E-state index contributed by atoms with van der Waals surface area (Å²) >= 11 is 0. The van der Waals surface area contributed by atoms with Gasteiger partial charge in [-0.25, -0.2) is 4.79 Å². The van der Waals surface area contributed by atoms with Crippen molar-refractivity contribution in [2.24, 2.45) is 0 Å². The van der Waals surface area contributed by atoms with Crippen LogP contribution in [-0.2, 0) is 0 Å². The quantitative estimate of drug-likeness (QED) is 0.620. The number of urea groups is 1. The molecule has 0 aromatic heterocycles. The molecular formula is C10H20N2O2. The minimum atomic E-state index is -0.478. The van der Waals surface area contributed by atoms with E-state index < -0.39 is 5.54 Å². The number of carbonyl (C=O) groups is 1. The van der Waals surface area contributed by atoms with E-state index in [0.29, 0.717) is 6.04 Å². The molecule has 0 radical (unpaired) electrons. The predicted octanol–water partition coefficient (Wildman–Crippen LogP) is 0.999. The van der Waals surface area contributed by atoms with Gasteiger partial charge in [0.05, 0.1) is 12.1 Å². The maximum absolute atomic E-state index is 11.4. The molecule has 0 saturated heterocycles. The van der Waals surface area contributed by atoms with E-state index in [1.54, 1.807) is 0 Å². The largest absolute Gasteiger partial charge is 0.394 e. The van der Waals surface area contributed by atoms with E-state index in [0.717, 1.165) is 25.7 Å². The minimum absolute atomic E-state index is 0.0150. The van der Waals surface area contributed by atoms with Gasteiger partial charge in [-0.2, -0.15) is 0 Å². The molecule has 4 nitrogen and oxygen atoms in total. The van der Waals surface area contributed by atoms with Crippen LogP contribution in [0.5, 0.6) is 0 Å². The second-order valence-electron chi connectivity index (χ2n) is 4.34. The summed E-state index contributed by atoms with van der Waals surface area (Å²) in [5, 5.41) is 14.8. The molecule has 82 valence electrons. The smallest absolute Gasteiger partial charge is 0.315 e. The standard InChI is InChI=1S/C10H20N2O2/c1-3-6-10(2,7-13)12-9(14)11-8-4-5-8/h8,13H,3-7H2,1-2H3,(H2,11,12,14)/t10-/m1/s1. The molecule has 1 aliphatic carbocycles. The van der Waals surface area contributed by atoms with Crippen LogP contribution < -0.4 is 10.6 Å². The molecule has 0 unspecified atom stereocenters. The Hall–Kier alpha value is -0.770. The van der Waals surface area contributed by atoms with E-state index in [4.69, 9.17) is 0 Å². The summed E-state index contributed by atoms with van der Waals surface area (Å²) in [6.07, 6.45) is 3.90. The first kappa shape index (κ1) is 11.3. The molecule has 0 aromatic rings. The highest BCUT2D eigenvalue weighted by molar-refractivity contribution is 5.75. The number of nitrogens with one attached hydrogen (secondary N) is 2. The van der Waals surface area contributed by atoms with E-state index in [-0.39, 0.29) is 12.6 Å². The summed E-state index contributed by atoms with van der Waals surface area (Å²) in [6.45, 7) is 3.89. The first-order chi connectivity index (χ1) is 6.59. The maximum Gasteiger partial charge on any atom is 0.315 e. The van der Waals surface area contributed by atoms with Gasteiger partial charge in [0.15, 0.2) is 0 Å². The molecular weight excluding hydrogens is 180 g/mol. The molecule has 0 spiro atoms. The van der Waals surface area contributed by atoms with Crippen molar-refractivity contribution < 1.29 is 9.90 Å². The lowest BCUT2D eigenvalue weighted by molar-refractivity contribution is 0.163. The van der Waals surface area contributed by atoms with Gasteiger partial charge in [-0.05, 0) is 26.2 Å². The minimum Gasteiger partial charge on any atom is -0.394 e. The normalized spacial score (nSPS) is 19.9. The van der Waals surface area contributed by atoms with Gasteiger partial charge < -0.3 is 15.7 Å². The molecule has 14 heavy (non-hydrogen) atoms. The summed E-state index contributed by atoms with van der Waals surface area (Å²) < 4.78 is 0. The topological polar surface area (TPSA) is 61.4 Å². The first-order valence-corrected chi connectivity index (χ1v) is 5.29. The Labute approximate surface area is 85.1 Å². The van der Waals surface area contributed by atoms with Crippen LogP contribution >= 0.6 is 0 Å². The lowest BCUT2D eigenvalue weighted by Gasteiger charge is -2.28. The van der Waals surface area contributed by atoms with Gasteiger partial charge >= 0.3 is 6.03 Å². The van der Waals surface area contributed by atoms with Crippen LogP contribution in [0.25, 0.3) is 0 Å². The Morgan fingerprint density at radius 1 is 1.57 bits per heavy atom. The molecule has 1 rings (SSSR count). The van der Waals surface area contributed by atoms with Crippen molar-refractivity contribution in [2.75, 3.05) is 6.61 Å². The molecule has 0 aromatic carbocycles. The van der Waals surface area contributed by atoms with Gasteiger partial charge in [0, 0.05) is 6.04 Å². The van der Waals surface area contributed by atoms with Gasteiger partial charge in [-0.15, -0.1) is 0 Å². The fraction of sp³-hybridized carbons (Fsp3) is 0.900. The van der Waals surface area contributed by atoms with Gasteiger partial charge in [-0.1, -0.05) is 13.3 Å². The van der Waals surface area contributed by atoms with E-state index in [1.165, 1.54) is 0 Å². The van der Waals surface area contributed by atoms with Crippen molar-refractivity contribution in [1.82, 2.24) is 10.6 Å². The third-order valence-electron chi connectivity index (χ3n) is 2.48. The van der Waals surface area contributed by atoms with Crippen LogP contribution in [0, 0.1) is 0 Å². The number of carbonyl (C=O) groups excluding carboxylic acids is 1. The van der Waals surface area contributed by atoms with Gasteiger partial charge in [0.2, 0.25) is 0 Å². The summed E-state index contributed by atoms with van der Waals surface area (Å²) in [7, 11) is 0. The number of rotatable bonds is 5. The monoisotopic (exact) mass is 200 g/mol. The van der Waals surface area contributed by atoms with Crippen molar-refractivity contribution in [3.8, 4) is 0 Å². The van der Waals surface area contributed by atoms with Crippen LogP contribution in [0.2, 0.25) is 0 Å². The molecule has 3 N–H and O–H groups in total. The third-order valence-corrected chi connectivity index (χ3v) is 2.48. The molecule has 1 atom stereocenters. The molecule has 1 fully saturated rings. The average Bonchev–Trinajstić information content (AvgIpc) is 2.88. The number of hydrogen-bond acceptors (Lipinski definition) is 2. The Morgan fingerprint density at radius 2 is 2.21 bits per heavy atom. The third kappa shape index (κ3) is 3.54. The SMILES string of the molecule is CCC[C@](C)(CO)NC(=O)NC1CC1. The molecule has 4 heteroatoms. The Morgan fingerprint density at radius 3 is 2.64 bits per heavy atom. The maximum atomic E-state index is 11.4. The summed E-state index contributed by atoms with van der Waals surface area (Å²) in [5.74, 6) is 0. The molecule has 1 saturated carbocycles. The lowest BCUT2D eigenvalue weighted by atomic mass is 9.98. The fourth-order valence-corrected chi connectivity index (χ4v) is 1.46. The van der Waals surface area contributed by atoms with E-state index >= 15 is 0 Å². The van der Waals surface area contributed by atoms with Crippen molar-refractivity contribution in [2.45, 2.75) is 51.1 Å². The van der Waals surface area contributed by atoms with Crippen molar-refractivity contribution in [3.05, 3.63) is 0 Å². The van der Waals surface area contributed by atoms with E-state index in [1.807, 2.05) is 13.8 Å². The van der Waals surface area contributed by atoms with E-state index in [2.05, 4.69) is 10.6 Å². The highest BCUT2D eigenvalue weighted by Crippen LogP contribution is 2.19. The van der Waals surface area contributed by atoms with Crippen molar-refractivity contribution >= 4 is 6.03 Å². The lowest BCUT2D eigenvalue weighted by Crippen LogP contribution is -2.52. The van der Waals surface area contributed by atoms with Crippen LogP contribution in [0.4, 0.5) is 4.79 Å². The van der Waals surface area contributed by atoms with Crippen molar-refractivity contribution in [3.63, 3.8) is 0 Å². The first-order valence-electron chi connectivity index (χ1n) is 5.29. The molecule has 0 aliphatic heterocycles. The highest BCUT2D eigenvalue weighted by Gasteiger charge is 2.28. The Kier molecular flexibility index (Phi) is 3.75. The second-order valence-corrected chi connectivity index (χ2v) is 4.34. The zero-order valence-electron chi connectivity index (χ0n) is 8.97. The van der Waals surface area contributed by atoms with Crippen LogP contribution in [0.3, 0.4) is 0 Å². The van der Waals surface area contributed by atoms with Crippen molar-refractivity contribution in [1.29, 1.82) is 0 Å². The summed E-state index contributed by atoms with van der Waals surface area (Å²) in [6, 6.07) is 0.206. The van der Waals surface area contributed by atoms with Crippen LogP contribution in [0.15, 0.2) is 0 Å². The van der Waals surface area contributed by atoms with Crippen LogP contribution in [-0.4, -0.2) is 29.3 Å². The average molecular weight is 200 g/mol. The predicted molar refractivity (Wildman–Crippen MR) is 55.1 cm³/mol. The Balaban J connectivity index is 2.33. The van der Waals surface area contributed by atoms with Gasteiger partial charge in [0.1, 0.15) is 0 Å². The Bertz CT molecular complexity index is 204. The highest BCUT2D eigenvalue weighted by atomic mass is 16.3. The molecule has 0 bridgehead atoms. The molecule has 0 heterocycles. The van der Waals surface area contributed by atoms with Gasteiger partial charge in [0.25, 0.3) is 0 Å². The number of aliphatic hydroxyl groups is 1. The zero-order valence-corrected chi connectivity index (χ0v) is 8.97. The number of aliphatic hydroxyl groups excluding tert-OH is 1. The fourth-order valence-electron chi connectivity index (χ4n) is 1.46.